The van der Waals surface area contributed by atoms with E-state index in [9.17, 15) is 14.7 Å². The number of carbonyl (C=O) groups excluding carboxylic acids is 2. The van der Waals surface area contributed by atoms with Crippen LogP contribution in [0.1, 0.15) is 49.1 Å². The highest BCUT2D eigenvalue weighted by atomic mass is 35.5. The maximum atomic E-state index is 12.6. The van der Waals surface area contributed by atoms with Gasteiger partial charge in [0, 0.05) is 48.1 Å². The Morgan fingerprint density at radius 1 is 1.13 bits per heavy atom. The van der Waals surface area contributed by atoms with Crippen LogP contribution in [-0.2, 0) is 19.2 Å². The zero-order chi connectivity index (χ0) is 27.8. The number of ether oxygens (including phenoxy) is 2. The number of rotatable bonds is 10. The van der Waals surface area contributed by atoms with Crippen molar-refractivity contribution in [1.82, 2.24) is 9.63 Å². The molecule has 0 spiro atoms. The predicted molar refractivity (Wildman–Crippen MR) is 149 cm³/mol. The second kappa shape index (κ2) is 13.5. The molecule has 4 rings (SSSR count). The highest BCUT2D eigenvalue weighted by molar-refractivity contribution is 6.30. The standard InChI is InChI=1S/C30H33ClN2O6/c1-3-38-29(35)18-21-13-16-32(17-14-21)39-28(34)12-10-24-7-5-15-33(24)27-11-9-23(31)20-26(27)30(36)22-6-4-8-25(19-22)37-2/h4-12,15,19-21,30,36H,3,13-14,16-18H2,1-2H3. The molecule has 2 aromatic carbocycles. The smallest absolute Gasteiger partial charge is 0.349 e. The number of hydrogen-bond acceptors (Lipinski definition) is 7. The molecule has 0 saturated carbocycles. The summed E-state index contributed by atoms with van der Waals surface area (Å²) in [6.45, 7) is 3.31. The lowest BCUT2D eigenvalue weighted by atomic mass is 9.94. The van der Waals surface area contributed by atoms with Gasteiger partial charge in [-0.3, -0.25) is 4.79 Å². The molecule has 1 saturated heterocycles. The van der Waals surface area contributed by atoms with Crippen LogP contribution < -0.4 is 4.74 Å². The number of piperidine rings is 1. The minimum absolute atomic E-state index is 0.182. The van der Waals surface area contributed by atoms with Gasteiger partial charge in [0.15, 0.2) is 0 Å². The van der Waals surface area contributed by atoms with E-state index < -0.39 is 12.1 Å². The summed E-state index contributed by atoms with van der Waals surface area (Å²) in [4.78, 5) is 29.8. The second-order valence-electron chi connectivity index (χ2n) is 9.31. The van der Waals surface area contributed by atoms with E-state index in [1.54, 1.807) is 43.4 Å². The van der Waals surface area contributed by atoms with Gasteiger partial charge >= 0.3 is 11.9 Å². The lowest BCUT2D eigenvalue weighted by Gasteiger charge is -2.29. The molecule has 1 aliphatic rings. The summed E-state index contributed by atoms with van der Waals surface area (Å²) in [6, 6.07) is 16.3. The summed E-state index contributed by atoms with van der Waals surface area (Å²) >= 11 is 6.30. The number of halogens is 1. The summed E-state index contributed by atoms with van der Waals surface area (Å²) in [5, 5.41) is 13.4. The number of hydroxylamine groups is 2. The van der Waals surface area contributed by atoms with E-state index in [2.05, 4.69) is 0 Å². The molecule has 3 aromatic rings. The van der Waals surface area contributed by atoms with Crippen LogP contribution in [0.15, 0.2) is 66.9 Å². The van der Waals surface area contributed by atoms with Crippen LogP contribution in [-0.4, -0.2) is 53.5 Å². The summed E-state index contributed by atoms with van der Waals surface area (Å²) in [5.41, 5.74) is 2.71. The molecule has 1 atom stereocenters. The molecule has 0 amide bonds. The van der Waals surface area contributed by atoms with E-state index >= 15 is 0 Å². The molecule has 8 nitrogen and oxygen atoms in total. The van der Waals surface area contributed by atoms with Crippen molar-refractivity contribution < 1.29 is 29.0 Å². The minimum atomic E-state index is -0.954. The lowest BCUT2D eigenvalue weighted by Crippen LogP contribution is -2.36. The first kappa shape index (κ1) is 28.4. The Morgan fingerprint density at radius 3 is 2.67 bits per heavy atom. The first-order valence-electron chi connectivity index (χ1n) is 13.0. The van der Waals surface area contributed by atoms with E-state index in [4.69, 9.17) is 25.9 Å². The van der Waals surface area contributed by atoms with Gasteiger partial charge in [-0.1, -0.05) is 23.7 Å². The zero-order valence-corrected chi connectivity index (χ0v) is 22.8. The Balaban J connectivity index is 1.44. The van der Waals surface area contributed by atoms with Gasteiger partial charge in [0.25, 0.3) is 0 Å². The van der Waals surface area contributed by atoms with E-state index in [-0.39, 0.29) is 11.9 Å². The molecular weight excluding hydrogens is 520 g/mol. The fourth-order valence-electron chi connectivity index (χ4n) is 4.68. The van der Waals surface area contributed by atoms with Crippen molar-refractivity contribution in [2.24, 2.45) is 5.92 Å². The average Bonchev–Trinajstić information content (AvgIpc) is 3.41. The number of aromatic nitrogens is 1. The number of carbonyl (C=O) groups is 2. The van der Waals surface area contributed by atoms with E-state index in [0.29, 0.717) is 48.0 Å². The number of esters is 1. The number of hydrogen-bond donors (Lipinski definition) is 1. The number of aliphatic hydroxyl groups excluding tert-OH is 1. The Hall–Kier alpha value is -3.59. The normalized spacial score (nSPS) is 15.3. The van der Waals surface area contributed by atoms with E-state index in [1.165, 1.54) is 6.08 Å². The van der Waals surface area contributed by atoms with Crippen LogP contribution in [0.25, 0.3) is 11.8 Å². The molecule has 0 aliphatic carbocycles. The van der Waals surface area contributed by atoms with Gasteiger partial charge < -0.3 is 24.0 Å². The van der Waals surface area contributed by atoms with Crippen LogP contribution >= 0.6 is 11.6 Å². The molecule has 1 aromatic heterocycles. The van der Waals surface area contributed by atoms with Crippen LogP contribution in [0.3, 0.4) is 0 Å². The molecule has 39 heavy (non-hydrogen) atoms. The molecule has 9 heteroatoms. The van der Waals surface area contributed by atoms with Crippen LogP contribution in [0, 0.1) is 5.92 Å². The first-order valence-corrected chi connectivity index (χ1v) is 13.4. The van der Waals surface area contributed by atoms with Crippen molar-refractivity contribution in [3.63, 3.8) is 0 Å². The van der Waals surface area contributed by atoms with Gasteiger partial charge in [0.1, 0.15) is 11.9 Å². The monoisotopic (exact) mass is 552 g/mol. The molecule has 206 valence electrons. The van der Waals surface area contributed by atoms with E-state index in [1.807, 2.05) is 47.2 Å². The van der Waals surface area contributed by atoms with Gasteiger partial charge in [-0.05, 0) is 79.8 Å². The highest BCUT2D eigenvalue weighted by Gasteiger charge is 2.24. The maximum Gasteiger partial charge on any atom is 0.349 e. The molecule has 0 radical (unpaired) electrons. The molecule has 0 bridgehead atoms. The maximum absolute atomic E-state index is 12.6. The highest BCUT2D eigenvalue weighted by Crippen LogP contribution is 2.32. The summed E-state index contributed by atoms with van der Waals surface area (Å²) in [5.74, 6) is 0.207. The van der Waals surface area contributed by atoms with Crippen molar-refractivity contribution in [1.29, 1.82) is 0 Å². The Kier molecular flexibility index (Phi) is 9.81. The summed E-state index contributed by atoms with van der Waals surface area (Å²) < 4.78 is 12.2. The van der Waals surface area contributed by atoms with Gasteiger partial charge in [-0.25, -0.2) is 4.79 Å². The first-order chi connectivity index (χ1) is 18.9. The number of aliphatic hydroxyl groups is 1. The average molecular weight is 553 g/mol. The second-order valence-corrected chi connectivity index (χ2v) is 9.75. The van der Waals surface area contributed by atoms with Crippen molar-refractivity contribution in [3.05, 3.63) is 88.7 Å². The van der Waals surface area contributed by atoms with Crippen LogP contribution in [0.2, 0.25) is 5.02 Å². The Morgan fingerprint density at radius 2 is 1.92 bits per heavy atom. The minimum Gasteiger partial charge on any atom is -0.497 e. The van der Waals surface area contributed by atoms with Gasteiger partial charge in [-0.2, -0.15) is 0 Å². The Bertz CT molecular complexity index is 1310. The van der Waals surface area contributed by atoms with E-state index in [0.717, 1.165) is 24.2 Å². The Labute approximate surface area is 233 Å². The summed E-state index contributed by atoms with van der Waals surface area (Å²) in [6.07, 6.45) is 5.86. The number of methoxy groups -OCH3 is 1. The molecular formula is C30H33ClN2O6. The fraction of sp³-hybridized carbons (Fsp3) is 0.333. The molecule has 1 fully saturated rings. The fourth-order valence-corrected chi connectivity index (χ4v) is 4.86. The zero-order valence-electron chi connectivity index (χ0n) is 22.1. The molecule has 1 aliphatic heterocycles. The van der Waals surface area contributed by atoms with Crippen molar-refractivity contribution in [3.8, 4) is 11.4 Å². The number of benzene rings is 2. The van der Waals surface area contributed by atoms with Crippen LogP contribution in [0.5, 0.6) is 5.75 Å². The third-order valence-electron chi connectivity index (χ3n) is 6.68. The molecule has 1 N–H and O–H groups in total. The quantitative estimate of drug-likeness (QED) is 0.267. The van der Waals surface area contributed by atoms with Gasteiger partial charge in [-0.15, -0.1) is 5.06 Å². The third-order valence-corrected chi connectivity index (χ3v) is 6.91. The van der Waals surface area contributed by atoms with Gasteiger partial charge in [0.05, 0.1) is 19.4 Å². The SMILES string of the molecule is CCOC(=O)CC1CCN(OC(=O)C=Cc2cccn2-c2ccc(Cl)cc2C(O)c2cccc(OC)c2)CC1. The largest absolute Gasteiger partial charge is 0.497 e. The topological polar surface area (TPSA) is 90.2 Å². The molecule has 1 unspecified atom stereocenters. The summed E-state index contributed by atoms with van der Waals surface area (Å²) in [7, 11) is 1.58. The third kappa shape index (κ3) is 7.50. The van der Waals surface area contributed by atoms with Crippen LogP contribution in [0.4, 0.5) is 0 Å². The predicted octanol–water partition coefficient (Wildman–Crippen LogP) is 5.36. The number of nitrogens with zero attached hydrogens (tertiary/aromatic N) is 2. The van der Waals surface area contributed by atoms with Crippen molar-refractivity contribution in [2.45, 2.75) is 32.3 Å². The molecule has 2 heterocycles. The van der Waals surface area contributed by atoms with Gasteiger partial charge in [0.2, 0.25) is 0 Å². The van der Waals surface area contributed by atoms with Crippen molar-refractivity contribution >= 4 is 29.6 Å². The lowest BCUT2D eigenvalue weighted by molar-refractivity contribution is -0.190. The van der Waals surface area contributed by atoms with Crippen molar-refractivity contribution in [2.75, 3.05) is 26.8 Å².